The fraction of sp³-hybridized carbons (Fsp3) is 0.188. The summed E-state index contributed by atoms with van der Waals surface area (Å²) in [6.07, 6.45) is 0. The smallest absolute Gasteiger partial charge is 0.130 e. The lowest BCUT2D eigenvalue weighted by Crippen LogP contribution is -2.19. The van der Waals surface area contributed by atoms with Gasteiger partial charge in [-0.25, -0.2) is 0 Å². The predicted molar refractivity (Wildman–Crippen MR) is 85.8 cm³/mol. The summed E-state index contributed by atoms with van der Waals surface area (Å²) >= 11 is 1.77. The first-order valence-corrected chi connectivity index (χ1v) is 7.66. The maximum atomic E-state index is 4.57. The number of aryl methyl sites for hydroxylation is 1. The lowest BCUT2D eigenvalue weighted by molar-refractivity contribution is 0.960. The first kappa shape index (κ1) is 11.7. The highest BCUT2D eigenvalue weighted by Crippen LogP contribution is 2.30. The van der Waals surface area contributed by atoms with Crippen molar-refractivity contribution in [3.8, 4) is 10.4 Å². The molecule has 100 valence electrons. The van der Waals surface area contributed by atoms with Gasteiger partial charge in [0.1, 0.15) is 5.84 Å². The summed E-state index contributed by atoms with van der Waals surface area (Å²) in [4.78, 5) is 9.33. The van der Waals surface area contributed by atoms with Gasteiger partial charge >= 0.3 is 0 Å². The number of hydrogen-bond donors (Lipinski definition) is 2. The number of thiophene rings is 1. The second kappa shape index (κ2) is 4.49. The number of rotatable bonds is 2. The Morgan fingerprint density at radius 2 is 2.20 bits per heavy atom. The third-order valence-corrected chi connectivity index (χ3v) is 4.62. The molecule has 1 aliphatic rings. The van der Waals surface area contributed by atoms with E-state index in [2.05, 4.69) is 57.9 Å². The van der Waals surface area contributed by atoms with E-state index in [0.717, 1.165) is 18.9 Å². The van der Waals surface area contributed by atoms with E-state index < -0.39 is 0 Å². The average Bonchev–Trinajstić information content (AvgIpc) is 3.17. The fourth-order valence-electron chi connectivity index (χ4n) is 2.79. The Morgan fingerprint density at radius 3 is 2.95 bits per heavy atom. The lowest BCUT2D eigenvalue weighted by Gasteiger charge is -2.03. The van der Waals surface area contributed by atoms with Gasteiger partial charge in [0.25, 0.3) is 0 Å². The SMILES string of the molecule is Cc1[nH]c2ccc(-c3cccs3)cc2c1C1=NCCN1. The molecule has 4 heteroatoms. The number of aromatic nitrogens is 1. The minimum absolute atomic E-state index is 0.867. The summed E-state index contributed by atoms with van der Waals surface area (Å²) in [5, 5.41) is 6.75. The summed E-state index contributed by atoms with van der Waals surface area (Å²) in [7, 11) is 0. The number of fused-ring (bicyclic) bond motifs is 1. The first-order chi connectivity index (χ1) is 9.83. The van der Waals surface area contributed by atoms with Gasteiger partial charge < -0.3 is 10.3 Å². The van der Waals surface area contributed by atoms with Crippen molar-refractivity contribution in [2.45, 2.75) is 6.92 Å². The molecule has 1 aromatic carbocycles. The van der Waals surface area contributed by atoms with Gasteiger partial charge in [-0.1, -0.05) is 12.1 Å². The molecule has 0 spiro atoms. The number of H-pyrrole nitrogens is 1. The number of nitrogens with zero attached hydrogens (tertiary/aromatic N) is 1. The zero-order valence-electron chi connectivity index (χ0n) is 11.2. The highest BCUT2D eigenvalue weighted by atomic mass is 32.1. The molecular formula is C16H15N3S. The van der Waals surface area contributed by atoms with E-state index in [4.69, 9.17) is 0 Å². The quantitative estimate of drug-likeness (QED) is 0.741. The highest BCUT2D eigenvalue weighted by Gasteiger charge is 2.17. The van der Waals surface area contributed by atoms with E-state index in [1.165, 1.54) is 32.6 Å². The van der Waals surface area contributed by atoms with Crippen LogP contribution in [-0.2, 0) is 0 Å². The second-order valence-corrected chi connectivity index (χ2v) is 5.97. The number of hydrogen-bond acceptors (Lipinski definition) is 3. The molecule has 3 nitrogen and oxygen atoms in total. The van der Waals surface area contributed by atoms with E-state index in [1.807, 2.05) is 0 Å². The molecule has 20 heavy (non-hydrogen) atoms. The van der Waals surface area contributed by atoms with Crippen LogP contribution in [0.5, 0.6) is 0 Å². The summed E-state index contributed by atoms with van der Waals surface area (Å²) in [5.41, 5.74) is 4.84. The maximum absolute atomic E-state index is 4.57. The van der Waals surface area contributed by atoms with Crippen LogP contribution in [0.15, 0.2) is 40.7 Å². The standard InChI is InChI=1S/C16H15N3S/c1-10-15(16-17-6-7-18-16)12-9-11(4-5-13(12)19-10)14-3-2-8-20-14/h2-5,8-9,19H,6-7H2,1H3,(H,17,18). The number of amidine groups is 1. The Balaban J connectivity index is 1.94. The maximum Gasteiger partial charge on any atom is 0.130 e. The van der Waals surface area contributed by atoms with Gasteiger partial charge in [-0.2, -0.15) is 0 Å². The van der Waals surface area contributed by atoms with Crippen molar-refractivity contribution in [3.05, 3.63) is 47.0 Å². The van der Waals surface area contributed by atoms with Gasteiger partial charge in [-0.05, 0) is 36.1 Å². The number of aromatic amines is 1. The predicted octanol–water partition coefficient (Wildman–Crippen LogP) is 3.55. The van der Waals surface area contributed by atoms with Gasteiger partial charge in [0.15, 0.2) is 0 Å². The fourth-order valence-corrected chi connectivity index (χ4v) is 3.52. The molecule has 2 aromatic heterocycles. The molecule has 4 rings (SSSR count). The zero-order valence-corrected chi connectivity index (χ0v) is 12.1. The molecule has 0 fully saturated rings. The van der Waals surface area contributed by atoms with E-state index in [1.54, 1.807) is 11.3 Å². The molecule has 3 heterocycles. The monoisotopic (exact) mass is 281 g/mol. The molecule has 2 N–H and O–H groups in total. The Kier molecular flexibility index (Phi) is 2.63. The van der Waals surface area contributed by atoms with Gasteiger partial charge in [0, 0.05) is 33.6 Å². The van der Waals surface area contributed by atoms with Crippen molar-refractivity contribution < 1.29 is 0 Å². The van der Waals surface area contributed by atoms with Crippen molar-refractivity contribution >= 4 is 28.1 Å². The van der Waals surface area contributed by atoms with Crippen LogP contribution < -0.4 is 5.32 Å². The van der Waals surface area contributed by atoms with Crippen LogP contribution in [0.25, 0.3) is 21.3 Å². The van der Waals surface area contributed by atoms with Crippen LogP contribution >= 0.6 is 11.3 Å². The van der Waals surface area contributed by atoms with Gasteiger partial charge in [0.2, 0.25) is 0 Å². The second-order valence-electron chi connectivity index (χ2n) is 5.02. The highest BCUT2D eigenvalue weighted by molar-refractivity contribution is 7.13. The third kappa shape index (κ3) is 1.76. The van der Waals surface area contributed by atoms with Crippen molar-refractivity contribution in [2.24, 2.45) is 4.99 Å². The molecule has 0 atom stereocenters. The van der Waals surface area contributed by atoms with E-state index in [-0.39, 0.29) is 0 Å². The number of nitrogens with one attached hydrogen (secondary N) is 2. The van der Waals surface area contributed by atoms with Gasteiger partial charge in [0.05, 0.1) is 6.54 Å². The Hall–Kier alpha value is -2.07. The summed E-state index contributed by atoms with van der Waals surface area (Å²) < 4.78 is 0. The molecular weight excluding hydrogens is 266 g/mol. The Labute approximate surface area is 121 Å². The minimum atomic E-state index is 0.867. The molecule has 0 saturated heterocycles. The Bertz CT molecular complexity index is 797. The summed E-state index contributed by atoms with van der Waals surface area (Å²) in [6.45, 7) is 3.92. The molecule has 0 amide bonds. The van der Waals surface area contributed by atoms with E-state index in [0.29, 0.717) is 0 Å². The minimum Gasteiger partial charge on any atom is -0.368 e. The van der Waals surface area contributed by atoms with Crippen LogP contribution in [0.4, 0.5) is 0 Å². The van der Waals surface area contributed by atoms with Crippen molar-refractivity contribution in [2.75, 3.05) is 13.1 Å². The zero-order chi connectivity index (χ0) is 13.5. The van der Waals surface area contributed by atoms with Gasteiger partial charge in [-0.15, -0.1) is 11.3 Å². The molecule has 3 aromatic rings. The van der Waals surface area contributed by atoms with Gasteiger partial charge in [-0.3, -0.25) is 4.99 Å². The molecule has 0 saturated carbocycles. The third-order valence-electron chi connectivity index (χ3n) is 3.70. The molecule has 0 aliphatic carbocycles. The van der Waals surface area contributed by atoms with Crippen LogP contribution in [0.2, 0.25) is 0 Å². The van der Waals surface area contributed by atoms with Crippen molar-refractivity contribution in [1.82, 2.24) is 10.3 Å². The van der Waals surface area contributed by atoms with Crippen molar-refractivity contribution in [1.29, 1.82) is 0 Å². The van der Waals surface area contributed by atoms with E-state index >= 15 is 0 Å². The topological polar surface area (TPSA) is 40.2 Å². The van der Waals surface area contributed by atoms with Crippen LogP contribution in [0.1, 0.15) is 11.3 Å². The van der Waals surface area contributed by atoms with E-state index in [9.17, 15) is 0 Å². The average molecular weight is 281 g/mol. The summed E-state index contributed by atoms with van der Waals surface area (Å²) in [5.74, 6) is 1.03. The van der Waals surface area contributed by atoms with Crippen LogP contribution in [-0.4, -0.2) is 23.9 Å². The molecule has 0 radical (unpaired) electrons. The first-order valence-electron chi connectivity index (χ1n) is 6.78. The number of benzene rings is 1. The Morgan fingerprint density at radius 1 is 1.25 bits per heavy atom. The lowest BCUT2D eigenvalue weighted by atomic mass is 10.1. The number of aliphatic imine (C=N–C) groups is 1. The van der Waals surface area contributed by atoms with Crippen LogP contribution in [0, 0.1) is 6.92 Å². The van der Waals surface area contributed by atoms with Crippen molar-refractivity contribution in [3.63, 3.8) is 0 Å². The van der Waals surface area contributed by atoms with Crippen LogP contribution in [0.3, 0.4) is 0 Å². The summed E-state index contributed by atoms with van der Waals surface area (Å²) in [6, 6.07) is 10.9. The molecule has 0 bridgehead atoms. The largest absolute Gasteiger partial charge is 0.368 e. The molecule has 0 unspecified atom stereocenters. The normalized spacial score (nSPS) is 14.6. The molecule has 1 aliphatic heterocycles.